The van der Waals surface area contributed by atoms with Gasteiger partial charge >= 0.3 is 0 Å². The second-order valence-corrected chi connectivity index (χ2v) is 6.01. The third kappa shape index (κ3) is 4.55. The Morgan fingerprint density at radius 3 is 1.96 bits per heavy atom. The molecule has 0 spiro atoms. The molecule has 1 amide bonds. The zero-order valence-corrected chi connectivity index (χ0v) is 14.7. The minimum Gasteiger partial charge on any atom is -0.368 e. The molecule has 27 heavy (non-hydrogen) atoms. The van der Waals surface area contributed by atoms with Gasteiger partial charge in [0.1, 0.15) is 0 Å². The van der Waals surface area contributed by atoms with E-state index in [4.69, 9.17) is 0 Å². The van der Waals surface area contributed by atoms with Crippen LogP contribution in [0.4, 0.5) is 22.7 Å². The molecule has 0 aromatic heterocycles. The van der Waals surface area contributed by atoms with Gasteiger partial charge in [-0.2, -0.15) is 10.2 Å². The van der Waals surface area contributed by atoms with Crippen LogP contribution in [-0.4, -0.2) is 41.9 Å². The van der Waals surface area contributed by atoms with E-state index in [0.717, 1.165) is 18.8 Å². The molecule has 8 nitrogen and oxygen atoms in total. The number of rotatable bonds is 5. The number of nitro benzene ring substituents is 1. The molecule has 1 heterocycles. The van der Waals surface area contributed by atoms with Crippen molar-refractivity contribution in [1.29, 1.82) is 0 Å². The lowest BCUT2D eigenvalue weighted by atomic mass is 10.2. The lowest BCUT2D eigenvalue weighted by molar-refractivity contribution is -0.384. The molecule has 3 rings (SSSR count). The second-order valence-electron chi connectivity index (χ2n) is 6.01. The van der Waals surface area contributed by atoms with Gasteiger partial charge in [0.15, 0.2) is 0 Å². The molecule has 1 aliphatic heterocycles. The molecule has 0 N–H and O–H groups in total. The van der Waals surface area contributed by atoms with Crippen molar-refractivity contribution in [1.82, 2.24) is 4.90 Å². The van der Waals surface area contributed by atoms with Crippen molar-refractivity contribution in [2.75, 3.05) is 31.1 Å². The predicted octanol–water partition coefficient (Wildman–Crippen LogP) is 3.84. The first-order chi connectivity index (χ1) is 13.1. The fourth-order valence-corrected chi connectivity index (χ4v) is 2.80. The number of nitrogens with zero attached hydrogens (tertiary/aromatic N) is 5. The molecule has 0 atom stereocenters. The molecule has 0 bridgehead atoms. The number of hydrogen-bond acceptors (Lipinski definition) is 6. The summed E-state index contributed by atoms with van der Waals surface area (Å²) in [4.78, 5) is 25.8. The van der Waals surface area contributed by atoms with Crippen LogP contribution in [-0.2, 0) is 4.79 Å². The van der Waals surface area contributed by atoms with Crippen molar-refractivity contribution >= 4 is 28.7 Å². The Hall–Kier alpha value is -3.55. The van der Waals surface area contributed by atoms with Crippen LogP contribution < -0.4 is 4.90 Å². The smallest absolute Gasteiger partial charge is 0.269 e. The molecule has 1 fully saturated rings. The van der Waals surface area contributed by atoms with Crippen molar-refractivity contribution in [3.8, 4) is 0 Å². The van der Waals surface area contributed by atoms with E-state index in [9.17, 15) is 14.9 Å². The molecular weight excluding hydrogens is 346 g/mol. The Morgan fingerprint density at radius 1 is 0.963 bits per heavy atom. The Labute approximate surface area is 156 Å². The molecule has 0 aliphatic carbocycles. The van der Waals surface area contributed by atoms with E-state index in [1.807, 2.05) is 24.3 Å². The lowest BCUT2D eigenvalue weighted by Gasteiger charge is -2.35. The summed E-state index contributed by atoms with van der Waals surface area (Å²) in [5, 5.41) is 18.9. The molecule has 138 valence electrons. The van der Waals surface area contributed by atoms with E-state index in [-0.39, 0.29) is 11.6 Å². The zero-order chi connectivity index (χ0) is 19.2. The highest BCUT2D eigenvalue weighted by molar-refractivity contribution is 5.87. The maximum Gasteiger partial charge on any atom is 0.269 e. The molecule has 8 heteroatoms. The van der Waals surface area contributed by atoms with Gasteiger partial charge in [0.25, 0.3) is 5.69 Å². The number of azo groups is 1. The molecule has 1 aliphatic rings. The number of amides is 1. The monoisotopic (exact) mass is 365 g/mol. The van der Waals surface area contributed by atoms with Crippen LogP contribution in [0.25, 0.3) is 0 Å². The fraction of sp³-hybridized carbons (Fsp3) is 0.211. The van der Waals surface area contributed by atoms with Crippen LogP contribution in [0.15, 0.2) is 71.4 Å². The van der Waals surface area contributed by atoms with Crippen molar-refractivity contribution in [3.05, 3.63) is 71.3 Å². The van der Waals surface area contributed by atoms with Crippen molar-refractivity contribution < 1.29 is 9.72 Å². The lowest BCUT2D eigenvalue weighted by Crippen LogP contribution is -2.48. The van der Waals surface area contributed by atoms with Gasteiger partial charge in [-0.15, -0.1) is 0 Å². The van der Waals surface area contributed by atoms with E-state index in [2.05, 4.69) is 21.7 Å². The summed E-state index contributed by atoms with van der Waals surface area (Å²) < 4.78 is 0. The van der Waals surface area contributed by atoms with E-state index in [0.29, 0.717) is 24.5 Å². The van der Waals surface area contributed by atoms with Gasteiger partial charge in [0.05, 0.1) is 16.3 Å². The minimum atomic E-state index is -0.452. The van der Waals surface area contributed by atoms with Gasteiger partial charge in [-0.25, -0.2) is 0 Å². The molecule has 1 saturated heterocycles. The Balaban J connectivity index is 1.59. The first-order valence-corrected chi connectivity index (χ1v) is 8.49. The van der Waals surface area contributed by atoms with Gasteiger partial charge in [-0.05, 0) is 42.5 Å². The quantitative estimate of drug-likeness (QED) is 0.348. The molecule has 0 unspecified atom stereocenters. The zero-order valence-electron chi connectivity index (χ0n) is 14.7. The Bertz CT molecular complexity index is 854. The van der Waals surface area contributed by atoms with E-state index in [1.54, 1.807) is 17.0 Å². The highest BCUT2D eigenvalue weighted by Gasteiger charge is 2.19. The third-order valence-corrected chi connectivity index (χ3v) is 4.32. The Kier molecular flexibility index (Phi) is 5.55. The first-order valence-electron chi connectivity index (χ1n) is 8.49. The Morgan fingerprint density at radius 2 is 1.48 bits per heavy atom. The average Bonchev–Trinajstić information content (AvgIpc) is 2.72. The van der Waals surface area contributed by atoms with Gasteiger partial charge in [-0.1, -0.05) is 6.58 Å². The van der Waals surface area contributed by atoms with Crippen LogP contribution in [0, 0.1) is 10.1 Å². The predicted molar refractivity (Wildman–Crippen MR) is 103 cm³/mol. The maximum absolute atomic E-state index is 11.6. The maximum atomic E-state index is 11.6. The summed E-state index contributed by atoms with van der Waals surface area (Å²) in [6, 6.07) is 13.6. The number of non-ortho nitro benzene ring substituents is 1. The molecule has 2 aromatic carbocycles. The summed E-state index contributed by atoms with van der Waals surface area (Å²) in [5.74, 6) is -0.0309. The van der Waals surface area contributed by atoms with E-state index in [1.165, 1.54) is 18.2 Å². The number of nitro groups is 1. The SMILES string of the molecule is C=CC(=O)N1CCN(c2ccc(N=Nc3ccc([N+](=O)[O-])cc3)cc2)CC1. The molecule has 2 aromatic rings. The van der Waals surface area contributed by atoms with Crippen molar-refractivity contribution in [3.63, 3.8) is 0 Å². The summed E-state index contributed by atoms with van der Waals surface area (Å²) in [5.41, 5.74) is 2.33. The number of carbonyl (C=O) groups excluding carboxylic acids is 1. The number of piperazine rings is 1. The topological polar surface area (TPSA) is 91.4 Å². The number of carbonyl (C=O) groups is 1. The molecule has 0 radical (unpaired) electrons. The number of benzene rings is 2. The van der Waals surface area contributed by atoms with Crippen molar-refractivity contribution in [2.45, 2.75) is 0 Å². The van der Waals surface area contributed by atoms with Crippen LogP contribution >= 0.6 is 0 Å². The second kappa shape index (κ2) is 8.22. The third-order valence-electron chi connectivity index (χ3n) is 4.32. The largest absolute Gasteiger partial charge is 0.368 e. The average molecular weight is 365 g/mol. The van der Waals surface area contributed by atoms with Gasteiger partial charge < -0.3 is 9.80 Å². The fourth-order valence-electron chi connectivity index (χ4n) is 2.80. The summed E-state index contributed by atoms with van der Waals surface area (Å²) in [7, 11) is 0. The summed E-state index contributed by atoms with van der Waals surface area (Å²) in [6.07, 6.45) is 1.35. The minimum absolute atomic E-state index is 0.0215. The number of anilines is 1. The first kappa shape index (κ1) is 18.2. The molecule has 0 saturated carbocycles. The van der Waals surface area contributed by atoms with Gasteiger partial charge in [0, 0.05) is 44.0 Å². The number of hydrogen-bond donors (Lipinski definition) is 0. The van der Waals surface area contributed by atoms with Crippen LogP contribution in [0.5, 0.6) is 0 Å². The van der Waals surface area contributed by atoms with E-state index >= 15 is 0 Å². The van der Waals surface area contributed by atoms with Crippen LogP contribution in [0.3, 0.4) is 0 Å². The standard InChI is InChI=1S/C19H19N5O3/c1-2-19(25)23-13-11-22(12-14-23)17-7-3-15(4-8-17)20-21-16-5-9-18(10-6-16)24(26)27/h2-10H,1,11-14H2. The normalized spacial score (nSPS) is 14.4. The highest BCUT2D eigenvalue weighted by Crippen LogP contribution is 2.24. The van der Waals surface area contributed by atoms with Gasteiger partial charge in [-0.3, -0.25) is 14.9 Å². The van der Waals surface area contributed by atoms with Crippen LogP contribution in [0.1, 0.15) is 0 Å². The summed E-state index contributed by atoms with van der Waals surface area (Å²) in [6.45, 7) is 6.40. The molecular formula is C19H19N5O3. The summed E-state index contributed by atoms with van der Waals surface area (Å²) >= 11 is 0. The van der Waals surface area contributed by atoms with E-state index < -0.39 is 4.92 Å². The highest BCUT2D eigenvalue weighted by atomic mass is 16.6. The van der Waals surface area contributed by atoms with Crippen molar-refractivity contribution in [2.24, 2.45) is 10.2 Å². The van der Waals surface area contributed by atoms with Gasteiger partial charge in [0.2, 0.25) is 5.91 Å². The van der Waals surface area contributed by atoms with Crippen LogP contribution in [0.2, 0.25) is 0 Å².